The number of aromatic nitrogens is 2. The number of hydrogen-bond acceptors (Lipinski definition) is 5. The minimum Gasteiger partial charge on any atom is -0.393 e. The van der Waals surface area contributed by atoms with E-state index in [1.165, 1.54) is 6.07 Å². The van der Waals surface area contributed by atoms with Crippen LogP contribution in [0.5, 0.6) is 0 Å². The van der Waals surface area contributed by atoms with E-state index < -0.39 is 0 Å². The monoisotopic (exact) mass is 384 g/mol. The quantitative estimate of drug-likeness (QED) is 0.423. The fraction of sp³-hybridized carbons (Fsp3) is 0.316. The van der Waals surface area contributed by atoms with Crippen molar-refractivity contribution < 1.29 is 10.0 Å². The maximum absolute atomic E-state index is 11.3. The first-order valence-electron chi connectivity index (χ1n) is 8.90. The summed E-state index contributed by atoms with van der Waals surface area (Å²) in [4.78, 5) is 13.1. The number of piperidine rings is 1. The third-order valence-corrected chi connectivity index (χ3v) is 5.44. The Bertz CT molecular complexity index is 1040. The summed E-state index contributed by atoms with van der Waals surface area (Å²) in [5.41, 5.74) is 2.55. The van der Waals surface area contributed by atoms with Gasteiger partial charge in [0.25, 0.3) is 5.69 Å². The van der Waals surface area contributed by atoms with Crippen molar-refractivity contribution in [2.45, 2.75) is 25.6 Å². The summed E-state index contributed by atoms with van der Waals surface area (Å²) < 4.78 is 4.50. The second kappa shape index (κ2) is 7.22. The molecule has 3 aromatic rings. The summed E-state index contributed by atoms with van der Waals surface area (Å²) in [5, 5.41) is 21.0. The van der Waals surface area contributed by atoms with Gasteiger partial charge in [0.2, 0.25) is 0 Å². The third kappa shape index (κ3) is 3.39. The number of aliphatic hydroxyl groups is 1. The van der Waals surface area contributed by atoms with Gasteiger partial charge in [0.1, 0.15) is 0 Å². The molecule has 4 rings (SSSR count). The van der Waals surface area contributed by atoms with Crippen molar-refractivity contribution in [2.24, 2.45) is 0 Å². The minimum atomic E-state index is -0.385. The topological polar surface area (TPSA) is 76.5 Å². The van der Waals surface area contributed by atoms with E-state index in [1.807, 2.05) is 39.5 Å². The van der Waals surface area contributed by atoms with Gasteiger partial charge in [0, 0.05) is 30.9 Å². The summed E-state index contributed by atoms with van der Waals surface area (Å²) in [5.74, 6) is 0. The average Bonchev–Trinajstić information content (AvgIpc) is 2.95. The van der Waals surface area contributed by atoms with Crippen LogP contribution in [0.15, 0.2) is 48.5 Å². The lowest BCUT2D eigenvalue weighted by Gasteiger charge is -2.29. The Labute approximate surface area is 161 Å². The Balaban J connectivity index is 1.85. The molecule has 0 spiro atoms. The van der Waals surface area contributed by atoms with Crippen LogP contribution in [0.25, 0.3) is 16.7 Å². The largest absolute Gasteiger partial charge is 0.393 e. The molecule has 0 atom stereocenters. The number of imidazole rings is 1. The summed E-state index contributed by atoms with van der Waals surface area (Å²) in [7, 11) is 0. The van der Waals surface area contributed by atoms with Gasteiger partial charge in [0.05, 0.1) is 28.7 Å². The van der Waals surface area contributed by atoms with Crippen LogP contribution in [0, 0.1) is 14.9 Å². The zero-order valence-electron chi connectivity index (χ0n) is 14.7. The molecule has 0 bridgehead atoms. The fourth-order valence-electron chi connectivity index (χ4n) is 3.58. The summed E-state index contributed by atoms with van der Waals surface area (Å²) in [6.07, 6.45) is 1.20. The molecule has 0 saturated carbocycles. The van der Waals surface area contributed by atoms with Crippen molar-refractivity contribution in [3.63, 3.8) is 0 Å². The molecular weight excluding hydrogens is 364 g/mol. The molecule has 0 radical (unpaired) electrons. The molecule has 8 heteroatoms. The van der Waals surface area contributed by atoms with E-state index >= 15 is 0 Å². The maximum Gasteiger partial charge on any atom is 0.271 e. The fourth-order valence-corrected chi connectivity index (χ4v) is 3.94. The molecule has 1 aromatic heterocycles. The smallest absolute Gasteiger partial charge is 0.271 e. The lowest BCUT2D eigenvalue weighted by atomic mass is 10.1. The number of non-ortho nitro benzene ring substituents is 1. The highest BCUT2D eigenvalue weighted by Crippen LogP contribution is 2.27. The normalized spacial score (nSPS) is 16.0. The lowest BCUT2D eigenvalue weighted by molar-refractivity contribution is -0.384. The molecule has 2 aromatic carbocycles. The number of nitrogens with zero attached hydrogens (tertiary/aromatic N) is 4. The van der Waals surface area contributed by atoms with Gasteiger partial charge in [-0.3, -0.25) is 19.6 Å². The highest BCUT2D eigenvalue weighted by atomic mass is 32.1. The average molecular weight is 384 g/mol. The highest BCUT2D eigenvalue weighted by molar-refractivity contribution is 7.71. The number of fused-ring (bicyclic) bond motifs is 1. The first kappa shape index (κ1) is 17.8. The van der Waals surface area contributed by atoms with E-state index in [0.717, 1.165) is 42.7 Å². The molecule has 1 saturated heterocycles. The van der Waals surface area contributed by atoms with E-state index in [2.05, 4.69) is 4.90 Å². The number of likely N-dealkylation sites (tertiary alicyclic amines) is 1. The summed E-state index contributed by atoms with van der Waals surface area (Å²) >= 11 is 5.76. The van der Waals surface area contributed by atoms with E-state index in [9.17, 15) is 15.2 Å². The molecule has 2 heterocycles. The molecule has 27 heavy (non-hydrogen) atoms. The standard InChI is InChI=1S/C19H20N4O3S/c24-16-8-10-20(11-9-16)13-21-18-12-15(23(25)26)6-7-17(18)22(19(21)27)14-4-2-1-3-5-14/h1-7,12,16,24H,8-11,13H2. The SMILES string of the molecule is O=[N+]([O-])c1ccc2c(c1)n(CN1CCC(O)CC1)c(=S)n2-c1ccccc1. The molecule has 140 valence electrons. The summed E-state index contributed by atoms with van der Waals surface area (Å²) in [6, 6.07) is 14.6. The van der Waals surface area contributed by atoms with E-state index in [4.69, 9.17) is 12.2 Å². The molecule has 0 unspecified atom stereocenters. The van der Waals surface area contributed by atoms with Gasteiger partial charge >= 0.3 is 0 Å². The Morgan fingerprint density at radius 3 is 2.48 bits per heavy atom. The predicted octanol–water partition coefficient (Wildman–Crippen LogP) is 3.48. The molecule has 1 aliphatic heterocycles. The van der Waals surface area contributed by atoms with Gasteiger partial charge in [-0.05, 0) is 43.3 Å². The van der Waals surface area contributed by atoms with Crippen LogP contribution in [-0.4, -0.2) is 43.3 Å². The van der Waals surface area contributed by atoms with Gasteiger partial charge in [-0.1, -0.05) is 18.2 Å². The number of nitro benzene ring substituents is 1. The van der Waals surface area contributed by atoms with E-state index in [0.29, 0.717) is 11.4 Å². The van der Waals surface area contributed by atoms with Crippen molar-refractivity contribution in [1.82, 2.24) is 14.0 Å². The second-order valence-corrected chi connectivity index (χ2v) is 7.17. The number of nitro groups is 1. The van der Waals surface area contributed by atoms with E-state index in [-0.39, 0.29) is 16.7 Å². The predicted molar refractivity (Wildman–Crippen MR) is 106 cm³/mol. The molecular formula is C19H20N4O3S. The zero-order valence-corrected chi connectivity index (χ0v) is 15.5. The van der Waals surface area contributed by atoms with Gasteiger partial charge in [-0.2, -0.15) is 0 Å². The van der Waals surface area contributed by atoms with Gasteiger partial charge in [-0.15, -0.1) is 0 Å². The van der Waals surface area contributed by atoms with Gasteiger partial charge < -0.3 is 9.67 Å². The molecule has 0 aliphatic carbocycles. The Hall–Kier alpha value is -2.55. The van der Waals surface area contributed by atoms with Crippen LogP contribution >= 0.6 is 12.2 Å². The van der Waals surface area contributed by atoms with E-state index in [1.54, 1.807) is 12.1 Å². The molecule has 1 N–H and O–H groups in total. The van der Waals surface area contributed by atoms with Crippen molar-refractivity contribution in [3.05, 3.63) is 63.4 Å². The molecule has 0 amide bonds. The zero-order chi connectivity index (χ0) is 19.0. The van der Waals surface area contributed by atoms with Gasteiger partial charge in [-0.25, -0.2) is 0 Å². The number of para-hydroxylation sites is 1. The van der Waals surface area contributed by atoms with Crippen LogP contribution in [0.1, 0.15) is 12.8 Å². The number of hydrogen-bond donors (Lipinski definition) is 1. The number of benzene rings is 2. The lowest BCUT2D eigenvalue weighted by Crippen LogP contribution is -2.37. The van der Waals surface area contributed by atoms with Crippen LogP contribution in [-0.2, 0) is 6.67 Å². The third-order valence-electron chi connectivity index (χ3n) is 5.04. The molecule has 1 fully saturated rings. The van der Waals surface area contributed by atoms with Crippen LogP contribution in [0.3, 0.4) is 0 Å². The Kier molecular flexibility index (Phi) is 4.77. The Morgan fingerprint density at radius 1 is 1.11 bits per heavy atom. The second-order valence-electron chi connectivity index (χ2n) is 6.80. The first-order valence-corrected chi connectivity index (χ1v) is 9.31. The molecule has 1 aliphatic rings. The van der Waals surface area contributed by atoms with Crippen LogP contribution in [0.2, 0.25) is 0 Å². The first-order chi connectivity index (χ1) is 13.0. The van der Waals surface area contributed by atoms with Crippen molar-refractivity contribution in [1.29, 1.82) is 0 Å². The highest BCUT2D eigenvalue weighted by Gasteiger charge is 2.21. The number of aliphatic hydroxyl groups excluding tert-OH is 1. The van der Waals surface area contributed by atoms with Crippen LogP contribution in [0.4, 0.5) is 5.69 Å². The maximum atomic E-state index is 11.3. The Morgan fingerprint density at radius 2 is 1.81 bits per heavy atom. The van der Waals surface area contributed by atoms with Crippen LogP contribution < -0.4 is 0 Å². The van der Waals surface area contributed by atoms with Crippen molar-refractivity contribution in [2.75, 3.05) is 13.1 Å². The molecule has 7 nitrogen and oxygen atoms in total. The van der Waals surface area contributed by atoms with Gasteiger partial charge in [0.15, 0.2) is 4.77 Å². The minimum absolute atomic E-state index is 0.0468. The summed E-state index contributed by atoms with van der Waals surface area (Å²) in [6.45, 7) is 2.09. The number of rotatable bonds is 4. The van der Waals surface area contributed by atoms with Crippen molar-refractivity contribution in [3.8, 4) is 5.69 Å². The van der Waals surface area contributed by atoms with Crippen molar-refractivity contribution >= 4 is 28.9 Å².